The number of amides is 1. The summed E-state index contributed by atoms with van der Waals surface area (Å²) in [5.41, 5.74) is -0.901. The third-order valence-corrected chi connectivity index (χ3v) is 9.85. The predicted molar refractivity (Wildman–Crippen MR) is 180 cm³/mol. The molecule has 0 radical (unpaired) electrons. The van der Waals surface area contributed by atoms with Crippen LogP contribution in [-0.2, 0) is 34.9 Å². The minimum absolute atomic E-state index is 0.122. The van der Waals surface area contributed by atoms with Crippen molar-refractivity contribution in [1.82, 2.24) is 8.85 Å². The molecule has 0 atom stereocenters. The summed E-state index contributed by atoms with van der Waals surface area (Å²) in [6.07, 6.45) is 4.00. The topological polar surface area (TPSA) is 144 Å². The lowest BCUT2D eigenvalue weighted by Gasteiger charge is -2.02. The zero-order valence-electron chi connectivity index (χ0n) is 26.2. The monoisotopic (exact) mass is 806 g/mol. The molecule has 4 aromatic carbocycles. The number of benzene rings is 4. The molecule has 0 aliphatic heterocycles. The number of sulfonamides is 3. The van der Waals surface area contributed by atoms with Gasteiger partial charge in [0.2, 0.25) is 20.0 Å². The molecule has 0 bridgehead atoms. The lowest BCUT2D eigenvalue weighted by atomic mass is 10.2. The first-order valence-corrected chi connectivity index (χ1v) is 18.7. The molecule has 0 aromatic heterocycles. The van der Waals surface area contributed by atoms with Crippen LogP contribution >= 0.6 is 0 Å². The Bertz CT molecular complexity index is 2380. The van der Waals surface area contributed by atoms with Crippen molar-refractivity contribution in [3.05, 3.63) is 164 Å². The van der Waals surface area contributed by atoms with Crippen LogP contribution in [0.4, 0.5) is 35.1 Å². The highest BCUT2D eigenvalue weighted by molar-refractivity contribution is 8.07. The molecular weight excluding hydrogens is 785 g/mol. The van der Waals surface area contributed by atoms with Gasteiger partial charge in [-0.25, -0.2) is 65.1 Å². The SMILES string of the molecule is O=C(C=Cc1ccc(F)cc1F)NS(=O)(=O)C=Cc1ccc(F)cc1F.O=S(=O)(C=Cc1ccc(F)cc1F)NS(=O)(=O)C=Cc1ccc(F)cc1F. The molecule has 0 aliphatic carbocycles. The summed E-state index contributed by atoms with van der Waals surface area (Å²) >= 11 is 0. The summed E-state index contributed by atoms with van der Waals surface area (Å²) in [4.78, 5) is 11.6. The van der Waals surface area contributed by atoms with Crippen molar-refractivity contribution in [2.45, 2.75) is 0 Å². The standard InChI is InChI=1S/C17H11F4NO3S.C16H11F4NO4S2/c18-13-4-1-11(15(20)9-13)3-6-17(23)22-26(24,25)8-7-12-2-5-14(19)10-16(12)21;17-13-3-1-11(15(19)9-13)5-7-26(22,23)21-27(24,25)8-6-12-2-4-14(18)10-16(12)20/h1-10H,(H,22,23);1-10,21H. The number of nitrogens with one attached hydrogen (secondary N) is 2. The molecule has 0 spiro atoms. The zero-order chi connectivity index (χ0) is 39.6. The Morgan fingerprint density at radius 1 is 0.434 bits per heavy atom. The van der Waals surface area contributed by atoms with E-state index in [0.29, 0.717) is 40.5 Å². The van der Waals surface area contributed by atoms with Crippen molar-refractivity contribution in [2.75, 3.05) is 0 Å². The van der Waals surface area contributed by atoms with Gasteiger partial charge in [-0.2, -0.15) is 0 Å². The van der Waals surface area contributed by atoms with E-state index in [1.54, 1.807) is 4.72 Å². The Balaban J connectivity index is 0.000000286. The van der Waals surface area contributed by atoms with Crippen molar-refractivity contribution < 1.29 is 65.2 Å². The third kappa shape index (κ3) is 14.2. The Morgan fingerprint density at radius 2 is 0.717 bits per heavy atom. The number of hydrogen-bond donors (Lipinski definition) is 2. The van der Waals surface area contributed by atoms with Gasteiger partial charge in [-0.1, -0.05) is 0 Å². The molecule has 53 heavy (non-hydrogen) atoms. The lowest BCUT2D eigenvalue weighted by Crippen LogP contribution is -2.27. The van der Waals surface area contributed by atoms with E-state index in [1.807, 2.05) is 0 Å². The van der Waals surface area contributed by atoms with Gasteiger partial charge < -0.3 is 0 Å². The second kappa shape index (κ2) is 17.9. The Labute approximate surface area is 297 Å². The van der Waals surface area contributed by atoms with Crippen molar-refractivity contribution in [3.63, 3.8) is 0 Å². The molecule has 0 saturated heterocycles. The summed E-state index contributed by atoms with van der Waals surface area (Å²) in [5, 5.41) is 1.26. The van der Waals surface area contributed by atoms with Gasteiger partial charge in [0.1, 0.15) is 46.5 Å². The molecule has 280 valence electrons. The smallest absolute Gasteiger partial charge is 0.257 e. The zero-order valence-corrected chi connectivity index (χ0v) is 28.6. The first-order chi connectivity index (χ1) is 24.6. The molecular formula is C33H22F8N2O7S3. The summed E-state index contributed by atoms with van der Waals surface area (Å²) in [6.45, 7) is 0. The van der Waals surface area contributed by atoms with Crippen molar-refractivity contribution >= 4 is 60.3 Å². The van der Waals surface area contributed by atoms with Crippen LogP contribution < -0.4 is 8.85 Å². The van der Waals surface area contributed by atoms with Crippen molar-refractivity contribution in [3.8, 4) is 0 Å². The maximum Gasteiger partial charge on any atom is 0.257 e. The van der Waals surface area contributed by atoms with Gasteiger partial charge >= 0.3 is 0 Å². The quantitative estimate of drug-likeness (QED) is 0.130. The van der Waals surface area contributed by atoms with E-state index < -0.39 is 82.5 Å². The van der Waals surface area contributed by atoms with Gasteiger partial charge in [-0.3, -0.25) is 4.79 Å². The Morgan fingerprint density at radius 3 is 1.02 bits per heavy atom. The predicted octanol–water partition coefficient (Wildman–Crippen LogP) is 6.51. The van der Waals surface area contributed by atoms with Gasteiger partial charge in [0.25, 0.3) is 15.9 Å². The summed E-state index contributed by atoms with van der Waals surface area (Å²) in [7, 11) is -13.4. The molecule has 9 nitrogen and oxygen atoms in total. The van der Waals surface area contributed by atoms with E-state index in [-0.39, 0.29) is 22.3 Å². The van der Waals surface area contributed by atoms with Gasteiger partial charge in [0.05, 0.1) is 5.41 Å². The number of carbonyl (C=O) groups excluding carboxylic acids is 1. The van der Waals surface area contributed by atoms with Crippen LogP contribution in [0.1, 0.15) is 22.3 Å². The first kappa shape index (κ1) is 42.0. The van der Waals surface area contributed by atoms with Crippen molar-refractivity contribution in [2.24, 2.45) is 0 Å². The van der Waals surface area contributed by atoms with Gasteiger partial charge in [0.15, 0.2) is 0 Å². The van der Waals surface area contributed by atoms with Crippen LogP contribution in [0.15, 0.2) is 95.1 Å². The molecule has 2 N–H and O–H groups in total. The Hall–Kier alpha value is -5.44. The third-order valence-electron chi connectivity index (χ3n) is 6.02. The van der Waals surface area contributed by atoms with E-state index in [9.17, 15) is 65.2 Å². The largest absolute Gasteiger partial charge is 0.269 e. The van der Waals surface area contributed by atoms with Gasteiger partial charge in [0, 0.05) is 63.4 Å². The van der Waals surface area contributed by atoms with E-state index in [0.717, 1.165) is 78.9 Å². The summed E-state index contributed by atoms with van der Waals surface area (Å²) in [5.74, 6) is -8.46. The molecule has 0 saturated carbocycles. The second-order valence-corrected chi connectivity index (χ2v) is 15.0. The van der Waals surface area contributed by atoms with Crippen LogP contribution in [0.25, 0.3) is 24.3 Å². The molecule has 0 heterocycles. The van der Waals surface area contributed by atoms with Crippen LogP contribution in [0.2, 0.25) is 0 Å². The first-order valence-electron chi connectivity index (χ1n) is 14.0. The average molecular weight is 807 g/mol. The molecule has 1 amide bonds. The molecule has 4 aromatic rings. The van der Waals surface area contributed by atoms with Crippen LogP contribution in [0.3, 0.4) is 0 Å². The van der Waals surface area contributed by atoms with Crippen LogP contribution in [-0.4, -0.2) is 31.2 Å². The maximum atomic E-state index is 13.4. The fourth-order valence-electron chi connectivity index (χ4n) is 3.63. The number of rotatable bonds is 11. The fraction of sp³-hybridized carbons (Fsp3) is 0. The second-order valence-electron chi connectivity index (χ2n) is 10.1. The molecule has 4 rings (SSSR count). The highest BCUT2D eigenvalue weighted by Crippen LogP contribution is 2.15. The summed E-state index contributed by atoms with van der Waals surface area (Å²) < 4.78 is 178. The molecule has 0 fully saturated rings. The maximum absolute atomic E-state index is 13.4. The fourth-order valence-corrected chi connectivity index (χ4v) is 6.76. The van der Waals surface area contributed by atoms with E-state index in [4.69, 9.17) is 0 Å². The minimum Gasteiger partial charge on any atom is -0.269 e. The summed E-state index contributed by atoms with van der Waals surface area (Å²) in [6, 6.07) is 9.93. The lowest BCUT2D eigenvalue weighted by molar-refractivity contribution is -0.114. The molecule has 20 heteroatoms. The number of hydrogen-bond acceptors (Lipinski definition) is 7. The van der Waals surface area contributed by atoms with E-state index >= 15 is 0 Å². The minimum atomic E-state index is -4.57. The van der Waals surface area contributed by atoms with E-state index in [2.05, 4.69) is 0 Å². The van der Waals surface area contributed by atoms with Crippen LogP contribution in [0.5, 0.6) is 0 Å². The highest BCUT2D eigenvalue weighted by Gasteiger charge is 2.16. The van der Waals surface area contributed by atoms with Gasteiger partial charge in [-0.05, 0) is 72.8 Å². The Kier molecular flexibility index (Phi) is 14.1. The highest BCUT2D eigenvalue weighted by atomic mass is 32.3. The van der Waals surface area contributed by atoms with Gasteiger partial charge in [-0.15, -0.1) is 4.13 Å². The molecule has 0 aliphatic rings. The number of halogens is 8. The average Bonchev–Trinajstić information content (AvgIpc) is 3.03. The van der Waals surface area contributed by atoms with Crippen LogP contribution in [0, 0.1) is 46.5 Å². The van der Waals surface area contributed by atoms with E-state index in [1.165, 1.54) is 4.13 Å². The van der Waals surface area contributed by atoms with Crippen molar-refractivity contribution in [1.29, 1.82) is 0 Å². The normalized spacial score (nSPS) is 12.5. The molecule has 0 unspecified atom stereocenters. The number of carbonyl (C=O) groups is 1.